The third-order valence-corrected chi connectivity index (χ3v) is 4.11. The summed E-state index contributed by atoms with van der Waals surface area (Å²) in [4.78, 5) is 26.6. The number of hydrogen-bond acceptors (Lipinski definition) is 4. The molecule has 0 saturated heterocycles. The lowest BCUT2D eigenvalue weighted by atomic mass is 10.1. The molecule has 2 aromatic rings. The predicted molar refractivity (Wildman–Crippen MR) is 86.9 cm³/mol. The minimum Gasteiger partial charge on any atom is -0.466 e. The molecule has 0 saturated carbocycles. The summed E-state index contributed by atoms with van der Waals surface area (Å²) in [5.41, 5.74) is 1.32. The van der Waals surface area contributed by atoms with Gasteiger partial charge in [-0.1, -0.05) is 0 Å². The Kier molecular flexibility index (Phi) is 5.76. The molecule has 23 heavy (non-hydrogen) atoms. The van der Waals surface area contributed by atoms with Crippen molar-refractivity contribution < 1.29 is 23.5 Å². The van der Waals surface area contributed by atoms with Gasteiger partial charge in [0.25, 0.3) is 0 Å². The summed E-state index contributed by atoms with van der Waals surface area (Å²) >= 11 is 3.17. The normalized spacial score (nSPS) is 10.8. The van der Waals surface area contributed by atoms with Gasteiger partial charge in [-0.05, 0) is 53.9 Å². The highest BCUT2D eigenvalue weighted by Crippen LogP contribution is 2.31. The molecule has 0 radical (unpaired) electrons. The molecule has 7 heteroatoms. The van der Waals surface area contributed by atoms with E-state index in [1.165, 1.54) is 6.07 Å². The third kappa shape index (κ3) is 3.72. The van der Waals surface area contributed by atoms with E-state index in [0.29, 0.717) is 29.5 Å². The van der Waals surface area contributed by atoms with Gasteiger partial charge in [-0.3, -0.25) is 4.79 Å². The van der Waals surface area contributed by atoms with Gasteiger partial charge in [-0.25, -0.2) is 9.18 Å². The lowest BCUT2D eigenvalue weighted by molar-refractivity contribution is -0.143. The van der Waals surface area contributed by atoms with Gasteiger partial charge in [0, 0.05) is 11.8 Å². The van der Waals surface area contributed by atoms with Crippen molar-refractivity contribution in [2.45, 2.75) is 26.7 Å². The Morgan fingerprint density at radius 2 is 1.91 bits per heavy atom. The largest absolute Gasteiger partial charge is 0.466 e. The monoisotopic (exact) mass is 385 g/mol. The smallest absolute Gasteiger partial charge is 0.355 e. The summed E-state index contributed by atoms with van der Waals surface area (Å²) in [7, 11) is 0. The van der Waals surface area contributed by atoms with Crippen molar-refractivity contribution >= 4 is 38.8 Å². The molecule has 1 aromatic heterocycles. The van der Waals surface area contributed by atoms with E-state index in [0.717, 1.165) is 0 Å². The summed E-state index contributed by atoms with van der Waals surface area (Å²) < 4.78 is 23.9. The Bertz CT molecular complexity index is 741. The highest BCUT2D eigenvalue weighted by Gasteiger charge is 2.21. The Balaban J connectivity index is 2.45. The Morgan fingerprint density at radius 3 is 2.57 bits per heavy atom. The molecule has 0 amide bonds. The summed E-state index contributed by atoms with van der Waals surface area (Å²) in [6, 6.07) is 2.89. The quantitative estimate of drug-likeness (QED) is 0.768. The van der Waals surface area contributed by atoms with Crippen molar-refractivity contribution in [3.05, 3.63) is 33.7 Å². The molecule has 0 unspecified atom stereocenters. The molecule has 0 spiro atoms. The minimum absolute atomic E-state index is 0.127. The van der Waals surface area contributed by atoms with E-state index in [1.54, 1.807) is 19.9 Å². The predicted octanol–water partition coefficient (Wildman–Crippen LogP) is 3.74. The molecular weight excluding hydrogens is 369 g/mol. The van der Waals surface area contributed by atoms with Gasteiger partial charge in [0.1, 0.15) is 11.5 Å². The summed E-state index contributed by atoms with van der Waals surface area (Å²) in [5.74, 6) is -1.32. The fourth-order valence-electron chi connectivity index (χ4n) is 2.36. The van der Waals surface area contributed by atoms with Gasteiger partial charge in [-0.2, -0.15) is 0 Å². The molecule has 0 fully saturated rings. The van der Waals surface area contributed by atoms with Crippen LogP contribution in [0.5, 0.6) is 0 Å². The maximum absolute atomic E-state index is 13.7. The van der Waals surface area contributed by atoms with Crippen LogP contribution in [0.2, 0.25) is 0 Å². The number of ether oxygens (including phenoxy) is 2. The highest BCUT2D eigenvalue weighted by atomic mass is 79.9. The number of fused-ring (bicyclic) bond motifs is 1. The number of halogens is 2. The number of H-pyrrole nitrogens is 1. The van der Waals surface area contributed by atoms with Gasteiger partial charge >= 0.3 is 11.9 Å². The fourth-order valence-corrected chi connectivity index (χ4v) is 2.80. The number of rotatable bonds is 6. The topological polar surface area (TPSA) is 68.4 Å². The second-order valence-electron chi connectivity index (χ2n) is 4.79. The van der Waals surface area contributed by atoms with Gasteiger partial charge in [0.15, 0.2) is 0 Å². The van der Waals surface area contributed by atoms with Crippen molar-refractivity contribution in [3.63, 3.8) is 0 Å². The highest BCUT2D eigenvalue weighted by molar-refractivity contribution is 9.10. The van der Waals surface area contributed by atoms with E-state index in [9.17, 15) is 14.0 Å². The lowest BCUT2D eigenvalue weighted by Gasteiger charge is -2.05. The SMILES string of the molecule is CCOC(=O)CCc1c(C(=O)OCC)[nH]c2c(Br)c(F)ccc12. The molecule has 1 N–H and O–H groups in total. The van der Waals surface area contributed by atoms with Crippen molar-refractivity contribution in [1.29, 1.82) is 0 Å². The minimum atomic E-state index is -0.533. The molecule has 0 bridgehead atoms. The van der Waals surface area contributed by atoms with Gasteiger partial charge in [0.2, 0.25) is 0 Å². The van der Waals surface area contributed by atoms with E-state index >= 15 is 0 Å². The van der Waals surface area contributed by atoms with Gasteiger partial charge < -0.3 is 14.5 Å². The van der Waals surface area contributed by atoms with Crippen LogP contribution in [-0.2, 0) is 20.7 Å². The van der Waals surface area contributed by atoms with Crippen LogP contribution in [0.15, 0.2) is 16.6 Å². The van der Waals surface area contributed by atoms with E-state index in [1.807, 2.05) is 0 Å². The molecule has 0 aliphatic rings. The zero-order valence-electron chi connectivity index (χ0n) is 12.9. The number of benzene rings is 1. The number of aromatic amines is 1. The van der Waals surface area contributed by atoms with Crippen molar-refractivity contribution in [2.75, 3.05) is 13.2 Å². The van der Waals surface area contributed by atoms with Crippen LogP contribution in [0.1, 0.15) is 36.3 Å². The molecule has 124 valence electrons. The van der Waals surface area contributed by atoms with Crippen molar-refractivity contribution in [1.82, 2.24) is 4.98 Å². The fraction of sp³-hybridized carbons (Fsp3) is 0.375. The first kappa shape index (κ1) is 17.5. The van der Waals surface area contributed by atoms with E-state index in [2.05, 4.69) is 20.9 Å². The molecule has 0 aliphatic carbocycles. The maximum Gasteiger partial charge on any atom is 0.355 e. The Hall–Kier alpha value is -1.89. The van der Waals surface area contributed by atoms with Gasteiger partial charge in [0.05, 0.1) is 23.2 Å². The van der Waals surface area contributed by atoms with Crippen molar-refractivity contribution in [2.24, 2.45) is 0 Å². The average Bonchev–Trinajstić information content (AvgIpc) is 2.89. The number of nitrogens with one attached hydrogen (secondary N) is 1. The number of aryl methyl sites for hydroxylation is 1. The molecular formula is C16H17BrFNO4. The van der Waals surface area contributed by atoms with Crippen LogP contribution < -0.4 is 0 Å². The summed E-state index contributed by atoms with van der Waals surface area (Å²) in [6.45, 7) is 3.96. The average molecular weight is 386 g/mol. The van der Waals surface area contributed by atoms with Crippen LogP contribution in [0.25, 0.3) is 10.9 Å². The number of hydrogen-bond donors (Lipinski definition) is 1. The number of esters is 2. The Morgan fingerprint density at radius 1 is 1.22 bits per heavy atom. The molecule has 0 aliphatic heterocycles. The van der Waals surface area contributed by atoms with Crippen molar-refractivity contribution in [3.8, 4) is 0 Å². The molecule has 5 nitrogen and oxygen atoms in total. The van der Waals surface area contributed by atoms with E-state index in [4.69, 9.17) is 9.47 Å². The first-order valence-corrected chi connectivity index (χ1v) is 8.10. The third-order valence-electron chi connectivity index (χ3n) is 3.34. The zero-order valence-corrected chi connectivity index (χ0v) is 14.5. The van der Waals surface area contributed by atoms with Gasteiger partial charge in [-0.15, -0.1) is 0 Å². The van der Waals surface area contributed by atoms with Crippen LogP contribution in [-0.4, -0.2) is 30.1 Å². The van der Waals surface area contributed by atoms with Crippen LogP contribution in [0.3, 0.4) is 0 Å². The van der Waals surface area contributed by atoms with E-state index in [-0.39, 0.29) is 29.2 Å². The molecule has 2 rings (SSSR count). The number of aromatic nitrogens is 1. The second-order valence-corrected chi connectivity index (χ2v) is 5.58. The first-order chi connectivity index (χ1) is 11.0. The molecule has 1 aromatic carbocycles. The molecule has 1 heterocycles. The lowest BCUT2D eigenvalue weighted by Crippen LogP contribution is -2.10. The van der Waals surface area contributed by atoms with E-state index < -0.39 is 11.8 Å². The summed E-state index contributed by atoms with van der Waals surface area (Å²) in [5, 5.41) is 0.672. The van der Waals surface area contributed by atoms with Crippen LogP contribution >= 0.6 is 15.9 Å². The molecule has 0 atom stereocenters. The summed E-state index contributed by atoms with van der Waals surface area (Å²) in [6.07, 6.45) is 0.424. The number of carbonyl (C=O) groups excluding carboxylic acids is 2. The first-order valence-electron chi connectivity index (χ1n) is 7.30. The Labute approximate surface area is 141 Å². The van der Waals surface area contributed by atoms with Crippen LogP contribution in [0.4, 0.5) is 4.39 Å². The second kappa shape index (κ2) is 7.59. The zero-order chi connectivity index (χ0) is 17.0. The number of carbonyl (C=O) groups is 2. The standard InChI is InChI=1S/C16H17BrFNO4/c1-3-22-12(20)8-6-10-9-5-7-11(18)13(17)14(9)19-15(10)16(21)23-4-2/h5,7,19H,3-4,6,8H2,1-2H3. The maximum atomic E-state index is 13.7. The van der Waals surface area contributed by atoms with Crippen LogP contribution in [0, 0.1) is 5.82 Å².